The van der Waals surface area contributed by atoms with Gasteiger partial charge in [0.2, 0.25) is 5.91 Å². The lowest BCUT2D eigenvalue weighted by atomic mass is 10.2. The quantitative estimate of drug-likeness (QED) is 0.613. The highest BCUT2D eigenvalue weighted by Gasteiger charge is 2.24. The minimum absolute atomic E-state index is 0.00623. The van der Waals surface area contributed by atoms with Crippen molar-refractivity contribution in [3.8, 4) is 0 Å². The smallest absolute Gasteiger partial charge is 0.242 e. The maximum atomic E-state index is 13.5. The van der Waals surface area contributed by atoms with Crippen LogP contribution in [0.3, 0.4) is 0 Å². The number of aromatic nitrogens is 1. The van der Waals surface area contributed by atoms with Crippen LogP contribution in [0.5, 0.6) is 0 Å². The summed E-state index contributed by atoms with van der Waals surface area (Å²) in [5, 5.41) is 0.581. The van der Waals surface area contributed by atoms with Gasteiger partial charge in [-0.15, -0.1) is 0 Å². The Morgan fingerprint density at radius 3 is 2.43 bits per heavy atom. The minimum atomic E-state index is -3.71. The van der Waals surface area contributed by atoms with E-state index in [9.17, 15) is 17.6 Å². The maximum Gasteiger partial charge on any atom is 0.242 e. The first-order valence-corrected chi connectivity index (χ1v) is 11.9. The molecule has 0 spiro atoms. The average Bonchev–Trinajstić information content (AvgIpc) is 2.88. The number of amides is 1. The van der Waals surface area contributed by atoms with Gasteiger partial charge in [0.05, 0.1) is 10.6 Å². The molecule has 1 aliphatic heterocycles. The number of likely N-dealkylation sites (tertiary alicyclic amines) is 1. The normalized spacial score (nSPS) is 15.3. The van der Waals surface area contributed by atoms with Crippen LogP contribution in [0.15, 0.2) is 59.6 Å². The Bertz CT molecular complexity index is 1160. The number of carbonyl (C=O) groups is 1. The van der Waals surface area contributed by atoms with Gasteiger partial charge in [-0.25, -0.2) is 12.8 Å². The van der Waals surface area contributed by atoms with Crippen molar-refractivity contribution in [2.45, 2.75) is 42.9 Å². The highest BCUT2D eigenvalue weighted by atomic mass is 32.2. The Hall–Kier alpha value is -2.67. The summed E-state index contributed by atoms with van der Waals surface area (Å²) < 4.78 is 41.5. The molecule has 1 aliphatic rings. The molecule has 0 saturated carbocycles. The summed E-state index contributed by atoms with van der Waals surface area (Å²) in [5.41, 5.74) is 1.10. The van der Waals surface area contributed by atoms with E-state index in [4.69, 9.17) is 0 Å². The van der Waals surface area contributed by atoms with E-state index in [0.29, 0.717) is 16.5 Å². The van der Waals surface area contributed by atoms with Gasteiger partial charge in [-0.05, 0) is 36.6 Å². The Morgan fingerprint density at radius 1 is 0.967 bits per heavy atom. The maximum absolute atomic E-state index is 13.5. The van der Waals surface area contributed by atoms with Crippen LogP contribution in [0, 0.1) is 5.82 Å². The fraction of sp³-hybridized carbons (Fsp3) is 0.348. The first kappa shape index (κ1) is 20.6. The molecule has 1 amide bonds. The first-order chi connectivity index (χ1) is 14.4. The van der Waals surface area contributed by atoms with Crippen molar-refractivity contribution in [1.29, 1.82) is 0 Å². The molecular formula is C23H25FN2O3S. The zero-order valence-electron chi connectivity index (χ0n) is 16.8. The number of carbonyl (C=O) groups excluding carboxylic acids is 1. The molecule has 2 aromatic carbocycles. The van der Waals surface area contributed by atoms with E-state index in [2.05, 4.69) is 0 Å². The summed E-state index contributed by atoms with van der Waals surface area (Å²) in [6.45, 7) is 1.61. The average molecular weight is 429 g/mol. The molecule has 30 heavy (non-hydrogen) atoms. The van der Waals surface area contributed by atoms with Crippen LogP contribution in [0.1, 0.15) is 31.2 Å². The number of sulfone groups is 1. The second-order valence-electron chi connectivity index (χ2n) is 7.82. The predicted molar refractivity (Wildman–Crippen MR) is 114 cm³/mol. The zero-order valence-corrected chi connectivity index (χ0v) is 17.6. The van der Waals surface area contributed by atoms with Crippen molar-refractivity contribution in [3.05, 3.63) is 66.1 Å². The third-order valence-corrected chi connectivity index (χ3v) is 7.31. The summed E-state index contributed by atoms with van der Waals surface area (Å²) in [5.74, 6) is -0.751. The lowest BCUT2D eigenvalue weighted by molar-refractivity contribution is -0.131. The van der Waals surface area contributed by atoms with Crippen molar-refractivity contribution < 1.29 is 17.6 Å². The second kappa shape index (κ2) is 8.60. The summed E-state index contributed by atoms with van der Waals surface area (Å²) in [6.07, 6.45) is 5.84. The fourth-order valence-electron chi connectivity index (χ4n) is 4.08. The third-order valence-electron chi connectivity index (χ3n) is 5.60. The molecule has 7 heteroatoms. The van der Waals surface area contributed by atoms with Gasteiger partial charge in [0, 0.05) is 30.2 Å². The molecule has 3 aromatic rings. The van der Waals surface area contributed by atoms with E-state index in [1.165, 1.54) is 18.2 Å². The Kier molecular flexibility index (Phi) is 5.90. The van der Waals surface area contributed by atoms with Crippen LogP contribution in [-0.4, -0.2) is 36.9 Å². The van der Waals surface area contributed by atoms with E-state index in [-0.39, 0.29) is 23.1 Å². The molecule has 0 bridgehead atoms. The Morgan fingerprint density at radius 2 is 1.70 bits per heavy atom. The number of hydrogen-bond donors (Lipinski definition) is 0. The molecule has 0 atom stereocenters. The molecule has 0 aliphatic carbocycles. The molecule has 2 heterocycles. The molecule has 1 aromatic heterocycles. The van der Waals surface area contributed by atoms with Crippen LogP contribution in [0.2, 0.25) is 0 Å². The van der Waals surface area contributed by atoms with Crippen LogP contribution in [0.4, 0.5) is 4.39 Å². The van der Waals surface area contributed by atoms with Gasteiger partial charge < -0.3 is 9.47 Å². The zero-order chi connectivity index (χ0) is 21.1. The standard InChI is InChI=1S/C23H25FN2O3S/c24-19-9-7-8-18(14-19)17-30(28,29)22-15-26(21-11-4-3-10-20(21)22)16-23(27)25-12-5-1-2-6-13-25/h3-4,7-11,14-15H,1-2,5-6,12-13,16-17H2. The Balaban J connectivity index is 1.65. The van der Waals surface area contributed by atoms with Gasteiger partial charge in [-0.2, -0.15) is 0 Å². The van der Waals surface area contributed by atoms with Gasteiger partial charge in [0.25, 0.3) is 0 Å². The van der Waals surface area contributed by atoms with E-state index >= 15 is 0 Å². The second-order valence-corrected chi connectivity index (χ2v) is 9.78. The molecule has 1 saturated heterocycles. The number of nitrogens with zero attached hydrogens (tertiary/aromatic N) is 2. The molecule has 4 rings (SSSR count). The number of fused-ring (bicyclic) bond motifs is 1. The molecular weight excluding hydrogens is 403 g/mol. The van der Waals surface area contributed by atoms with E-state index < -0.39 is 15.7 Å². The fourth-order valence-corrected chi connectivity index (χ4v) is 5.65. The number of rotatable bonds is 5. The predicted octanol–water partition coefficient (Wildman–Crippen LogP) is 4.16. The summed E-state index contributed by atoms with van der Waals surface area (Å²) in [7, 11) is -3.71. The van der Waals surface area contributed by atoms with E-state index in [1.807, 2.05) is 17.0 Å². The van der Waals surface area contributed by atoms with Crippen molar-refractivity contribution in [2.75, 3.05) is 13.1 Å². The highest BCUT2D eigenvalue weighted by molar-refractivity contribution is 7.90. The van der Waals surface area contributed by atoms with E-state index in [0.717, 1.165) is 38.8 Å². The van der Waals surface area contributed by atoms with Gasteiger partial charge in [0.1, 0.15) is 12.4 Å². The van der Waals surface area contributed by atoms with Gasteiger partial charge in [-0.3, -0.25) is 4.79 Å². The van der Waals surface area contributed by atoms with Gasteiger partial charge >= 0.3 is 0 Å². The number of benzene rings is 2. The lowest BCUT2D eigenvalue weighted by Crippen LogP contribution is -2.34. The minimum Gasteiger partial charge on any atom is -0.341 e. The summed E-state index contributed by atoms with van der Waals surface area (Å²) >= 11 is 0. The van der Waals surface area contributed by atoms with E-state index in [1.54, 1.807) is 29.0 Å². The molecule has 158 valence electrons. The number of halogens is 1. The SMILES string of the molecule is O=C(Cn1cc(S(=O)(=O)Cc2cccc(F)c2)c2ccccc21)N1CCCCCC1. The van der Waals surface area contributed by atoms with Crippen molar-refractivity contribution in [1.82, 2.24) is 9.47 Å². The summed E-state index contributed by atoms with van der Waals surface area (Å²) in [4.78, 5) is 14.9. The third kappa shape index (κ3) is 4.41. The molecule has 0 N–H and O–H groups in total. The van der Waals surface area contributed by atoms with Gasteiger partial charge in [-0.1, -0.05) is 43.2 Å². The van der Waals surface area contributed by atoms with Crippen molar-refractivity contribution >= 4 is 26.6 Å². The first-order valence-electron chi connectivity index (χ1n) is 10.3. The van der Waals surface area contributed by atoms with Crippen LogP contribution >= 0.6 is 0 Å². The van der Waals surface area contributed by atoms with Gasteiger partial charge in [0.15, 0.2) is 9.84 Å². The number of para-hydroxylation sites is 1. The van der Waals surface area contributed by atoms with Crippen molar-refractivity contribution in [3.63, 3.8) is 0 Å². The Labute approximate surface area is 176 Å². The molecule has 5 nitrogen and oxygen atoms in total. The molecule has 0 radical (unpaired) electrons. The number of hydrogen-bond acceptors (Lipinski definition) is 3. The summed E-state index contributed by atoms with van der Waals surface area (Å²) in [6, 6.07) is 12.8. The molecule has 1 fully saturated rings. The van der Waals surface area contributed by atoms with Crippen molar-refractivity contribution in [2.24, 2.45) is 0 Å². The monoisotopic (exact) mass is 428 g/mol. The molecule has 0 unspecified atom stereocenters. The van der Waals surface area contributed by atoms with Crippen LogP contribution < -0.4 is 0 Å². The topological polar surface area (TPSA) is 59.4 Å². The highest BCUT2D eigenvalue weighted by Crippen LogP contribution is 2.28. The van der Waals surface area contributed by atoms with Crippen LogP contribution in [0.25, 0.3) is 10.9 Å². The van der Waals surface area contributed by atoms with Crippen LogP contribution in [-0.2, 0) is 26.9 Å². The largest absolute Gasteiger partial charge is 0.341 e. The lowest BCUT2D eigenvalue weighted by Gasteiger charge is -2.20.